The normalized spacial score (nSPS) is 14.6. The van der Waals surface area contributed by atoms with Gasteiger partial charge in [0, 0.05) is 17.0 Å². The zero-order valence-corrected chi connectivity index (χ0v) is 13.7. The van der Waals surface area contributed by atoms with E-state index in [0.29, 0.717) is 0 Å². The molecule has 2 heterocycles. The van der Waals surface area contributed by atoms with Crippen LogP contribution in [0.25, 0.3) is 0 Å². The third kappa shape index (κ3) is 2.76. The van der Waals surface area contributed by atoms with Crippen molar-refractivity contribution in [2.24, 2.45) is 0 Å². The van der Waals surface area contributed by atoms with Gasteiger partial charge in [0.25, 0.3) is 0 Å². The summed E-state index contributed by atoms with van der Waals surface area (Å²) in [6.45, 7) is 3.68. The summed E-state index contributed by atoms with van der Waals surface area (Å²) in [6, 6.07) is 6.03. The van der Waals surface area contributed by atoms with Crippen LogP contribution in [-0.2, 0) is 6.42 Å². The first kappa shape index (κ1) is 14.7. The SMILES string of the molecule is CCNC(c1cc(Cl)cc2c1OCC2)c1sccc1OC. The lowest BCUT2D eigenvalue weighted by atomic mass is 10.00. The van der Waals surface area contributed by atoms with Gasteiger partial charge in [-0.25, -0.2) is 0 Å². The van der Waals surface area contributed by atoms with Gasteiger partial charge in [0.2, 0.25) is 0 Å². The van der Waals surface area contributed by atoms with E-state index < -0.39 is 0 Å². The molecule has 1 unspecified atom stereocenters. The number of benzene rings is 1. The molecule has 0 radical (unpaired) electrons. The predicted octanol–water partition coefficient (Wildman–Crippen LogP) is 4.04. The first-order valence-electron chi connectivity index (χ1n) is 7.04. The van der Waals surface area contributed by atoms with Gasteiger partial charge in [-0.3, -0.25) is 0 Å². The molecule has 1 N–H and O–H groups in total. The van der Waals surface area contributed by atoms with Crippen LogP contribution >= 0.6 is 22.9 Å². The van der Waals surface area contributed by atoms with Crippen molar-refractivity contribution in [3.63, 3.8) is 0 Å². The number of hydrogen-bond acceptors (Lipinski definition) is 4. The Kier molecular flexibility index (Phi) is 4.38. The molecule has 0 saturated heterocycles. The number of methoxy groups -OCH3 is 1. The van der Waals surface area contributed by atoms with Crippen LogP contribution in [0.2, 0.25) is 5.02 Å². The van der Waals surface area contributed by atoms with Gasteiger partial charge in [-0.05, 0) is 35.7 Å². The molecule has 0 spiro atoms. The summed E-state index contributed by atoms with van der Waals surface area (Å²) in [5, 5.41) is 6.33. The third-order valence-corrected chi connectivity index (χ3v) is 4.82. The molecule has 1 atom stereocenters. The number of thiophene rings is 1. The summed E-state index contributed by atoms with van der Waals surface area (Å²) >= 11 is 7.98. The highest BCUT2D eigenvalue weighted by Crippen LogP contribution is 2.42. The van der Waals surface area contributed by atoms with E-state index in [1.807, 2.05) is 23.6 Å². The molecule has 1 aromatic heterocycles. The molecular weight excluding hydrogens is 306 g/mol. The maximum Gasteiger partial charge on any atom is 0.134 e. The first-order valence-corrected chi connectivity index (χ1v) is 8.30. The van der Waals surface area contributed by atoms with Crippen LogP contribution in [0.3, 0.4) is 0 Å². The number of hydrogen-bond donors (Lipinski definition) is 1. The first-order chi connectivity index (χ1) is 10.2. The second-order valence-corrected chi connectivity index (χ2v) is 6.31. The van der Waals surface area contributed by atoms with Gasteiger partial charge in [0.15, 0.2) is 0 Å². The Morgan fingerprint density at radius 3 is 3.10 bits per heavy atom. The highest BCUT2D eigenvalue weighted by Gasteiger charge is 2.26. The van der Waals surface area contributed by atoms with Crippen molar-refractivity contribution >= 4 is 22.9 Å². The number of rotatable bonds is 5. The molecule has 3 rings (SSSR count). The van der Waals surface area contributed by atoms with Crippen LogP contribution in [0.15, 0.2) is 23.6 Å². The molecule has 112 valence electrons. The minimum absolute atomic E-state index is 0.0375. The summed E-state index contributed by atoms with van der Waals surface area (Å²) in [5.74, 6) is 1.87. The lowest BCUT2D eigenvalue weighted by Crippen LogP contribution is -2.22. The van der Waals surface area contributed by atoms with Crippen molar-refractivity contribution in [1.29, 1.82) is 0 Å². The van der Waals surface area contributed by atoms with E-state index in [0.717, 1.165) is 46.5 Å². The van der Waals surface area contributed by atoms with Crippen molar-refractivity contribution < 1.29 is 9.47 Å². The summed E-state index contributed by atoms with van der Waals surface area (Å²) in [7, 11) is 1.70. The summed E-state index contributed by atoms with van der Waals surface area (Å²) in [5.41, 5.74) is 2.29. The van der Waals surface area contributed by atoms with E-state index in [1.54, 1.807) is 18.4 Å². The van der Waals surface area contributed by atoms with Gasteiger partial charge in [-0.1, -0.05) is 18.5 Å². The standard InChI is InChI=1S/C16H18ClNO2S/c1-3-18-14(16-13(19-2)5-7-21-16)12-9-11(17)8-10-4-6-20-15(10)12/h5,7-9,14,18H,3-4,6H2,1-2H3. The van der Waals surface area contributed by atoms with Gasteiger partial charge in [0.05, 0.1) is 24.6 Å². The van der Waals surface area contributed by atoms with Crippen LogP contribution < -0.4 is 14.8 Å². The minimum atomic E-state index is 0.0375. The van der Waals surface area contributed by atoms with Crippen LogP contribution in [0.4, 0.5) is 0 Å². The van der Waals surface area contributed by atoms with Crippen LogP contribution in [0, 0.1) is 0 Å². The fourth-order valence-corrected chi connectivity index (χ4v) is 3.95. The third-order valence-electron chi connectivity index (χ3n) is 3.64. The Hall–Kier alpha value is -1.23. The lowest BCUT2D eigenvalue weighted by Gasteiger charge is -2.21. The summed E-state index contributed by atoms with van der Waals surface area (Å²) in [4.78, 5) is 1.15. The van der Waals surface area contributed by atoms with Crippen LogP contribution in [0.1, 0.15) is 29.0 Å². The zero-order chi connectivity index (χ0) is 14.8. The fraction of sp³-hybridized carbons (Fsp3) is 0.375. The Morgan fingerprint density at radius 1 is 1.48 bits per heavy atom. The molecule has 3 nitrogen and oxygen atoms in total. The Bertz CT molecular complexity index is 641. The van der Waals surface area contributed by atoms with E-state index in [9.17, 15) is 0 Å². The molecule has 0 saturated carbocycles. The molecule has 1 aromatic carbocycles. The molecule has 0 amide bonds. The van der Waals surface area contributed by atoms with Crippen molar-refractivity contribution in [1.82, 2.24) is 5.32 Å². The Morgan fingerprint density at radius 2 is 2.33 bits per heavy atom. The maximum absolute atomic E-state index is 6.30. The molecule has 5 heteroatoms. The summed E-state index contributed by atoms with van der Waals surface area (Å²) in [6.07, 6.45) is 0.920. The van der Waals surface area contributed by atoms with Crippen LogP contribution in [-0.4, -0.2) is 20.3 Å². The Balaban J connectivity index is 2.10. The predicted molar refractivity (Wildman–Crippen MR) is 87.0 cm³/mol. The maximum atomic E-state index is 6.30. The molecule has 0 bridgehead atoms. The Labute approximate surface area is 133 Å². The molecule has 0 aliphatic carbocycles. The van der Waals surface area contributed by atoms with Crippen LogP contribution in [0.5, 0.6) is 11.5 Å². The smallest absolute Gasteiger partial charge is 0.134 e. The second-order valence-electron chi connectivity index (χ2n) is 4.93. The highest BCUT2D eigenvalue weighted by atomic mass is 35.5. The van der Waals surface area contributed by atoms with Gasteiger partial charge in [0.1, 0.15) is 11.5 Å². The molecule has 2 aromatic rings. The average molecular weight is 324 g/mol. The van der Waals surface area contributed by atoms with Gasteiger partial charge in [-0.15, -0.1) is 11.3 Å². The minimum Gasteiger partial charge on any atom is -0.496 e. The average Bonchev–Trinajstić information content (AvgIpc) is 3.12. The summed E-state index contributed by atoms with van der Waals surface area (Å²) < 4.78 is 11.3. The fourth-order valence-electron chi connectivity index (χ4n) is 2.75. The largest absolute Gasteiger partial charge is 0.496 e. The number of halogens is 1. The van der Waals surface area contributed by atoms with Gasteiger partial charge >= 0.3 is 0 Å². The quantitative estimate of drug-likeness (QED) is 0.900. The molecule has 21 heavy (non-hydrogen) atoms. The number of ether oxygens (including phenoxy) is 2. The van der Waals surface area contributed by atoms with E-state index in [2.05, 4.69) is 12.2 Å². The monoisotopic (exact) mass is 323 g/mol. The van der Waals surface area contributed by atoms with E-state index in [1.165, 1.54) is 5.56 Å². The second kappa shape index (κ2) is 6.26. The van der Waals surface area contributed by atoms with Gasteiger partial charge < -0.3 is 14.8 Å². The molecular formula is C16H18ClNO2S. The van der Waals surface area contributed by atoms with E-state index >= 15 is 0 Å². The topological polar surface area (TPSA) is 30.5 Å². The van der Waals surface area contributed by atoms with Crippen molar-refractivity contribution in [3.05, 3.63) is 44.6 Å². The van der Waals surface area contributed by atoms with E-state index in [4.69, 9.17) is 21.1 Å². The molecule has 1 aliphatic heterocycles. The van der Waals surface area contributed by atoms with Gasteiger partial charge in [-0.2, -0.15) is 0 Å². The molecule has 1 aliphatic rings. The number of fused-ring (bicyclic) bond motifs is 1. The lowest BCUT2D eigenvalue weighted by molar-refractivity contribution is 0.350. The highest BCUT2D eigenvalue weighted by molar-refractivity contribution is 7.10. The zero-order valence-electron chi connectivity index (χ0n) is 12.1. The van der Waals surface area contributed by atoms with Crippen molar-refractivity contribution in [3.8, 4) is 11.5 Å². The van der Waals surface area contributed by atoms with Crippen molar-refractivity contribution in [2.45, 2.75) is 19.4 Å². The number of nitrogens with one attached hydrogen (secondary N) is 1. The van der Waals surface area contributed by atoms with Crippen molar-refractivity contribution in [2.75, 3.05) is 20.3 Å². The van der Waals surface area contributed by atoms with E-state index in [-0.39, 0.29) is 6.04 Å². The molecule has 0 fully saturated rings.